The molecule has 74 valence electrons. The molecule has 0 fully saturated rings. The van der Waals surface area contributed by atoms with Gasteiger partial charge in [0, 0.05) is 6.42 Å². The average molecular weight is 192 g/mol. The number of hydrogen-bond donors (Lipinski definition) is 1. The fraction of sp³-hybridized carbons (Fsp3) is 0.444. The Labute approximate surface area is 83.1 Å². The predicted octanol–water partition coefficient (Wildman–Crippen LogP) is 1.05. The van der Waals surface area contributed by atoms with Gasteiger partial charge in [-0.15, -0.1) is 0 Å². The summed E-state index contributed by atoms with van der Waals surface area (Å²) in [6, 6.07) is 3.40. The summed E-state index contributed by atoms with van der Waals surface area (Å²) in [4.78, 5) is 3.84. The Bertz CT molecular complexity index is 330. The van der Waals surface area contributed by atoms with Crippen molar-refractivity contribution in [2.75, 3.05) is 7.11 Å². The van der Waals surface area contributed by atoms with Crippen LogP contribution in [0.25, 0.3) is 0 Å². The van der Waals surface area contributed by atoms with Crippen molar-refractivity contribution in [1.29, 1.82) is 10.5 Å². The lowest BCUT2D eigenvalue weighted by atomic mass is 10.3. The highest BCUT2D eigenvalue weighted by Gasteiger charge is 2.03. The third kappa shape index (κ3) is 3.59. The second kappa shape index (κ2) is 6.50. The van der Waals surface area contributed by atoms with Gasteiger partial charge in [-0.1, -0.05) is 6.92 Å². The van der Waals surface area contributed by atoms with Crippen molar-refractivity contribution in [1.82, 2.24) is 0 Å². The van der Waals surface area contributed by atoms with E-state index in [1.807, 2.05) is 6.92 Å². The van der Waals surface area contributed by atoms with Crippen LogP contribution >= 0.6 is 0 Å². The molecule has 0 spiro atoms. The fourth-order valence-electron chi connectivity index (χ4n) is 0.741. The molecule has 2 N–H and O–H groups in total. The van der Waals surface area contributed by atoms with Crippen molar-refractivity contribution in [3.8, 4) is 12.1 Å². The lowest BCUT2D eigenvalue weighted by molar-refractivity contribution is 0.389. The van der Waals surface area contributed by atoms with Gasteiger partial charge in [0.25, 0.3) is 0 Å². The number of ether oxygens (including phenoxy) is 1. The maximum absolute atomic E-state index is 8.64. The van der Waals surface area contributed by atoms with E-state index >= 15 is 0 Å². The number of nitrogens with zero attached hydrogens (tertiary/aromatic N) is 3. The normalized spacial score (nSPS) is 12.4. The van der Waals surface area contributed by atoms with Crippen LogP contribution in [0.5, 0.6) is 0 Å². The van der Waals surface area contributed by atoms with E-state index in [1.165, 1.54) is 7.11 Å². The molecule has 0 saturated heterocycles. The third-order valence-corrected chi connectivity index (χ3v) is 1.42. The van der Waals surface area contributed by atoms with Gasteiger partial charge in [0.15, 0.2) is 11.6 Å². The maximum Gasteiger partial charge on any atom is 0.188 e. The lowest BCUT2D eigenvalue weighted by Crippen LogP contribution is -2.04. The molecule has 5 heteroatoms. The largest absolute Gasteiger partial charge is 0.484 e. The van der Waals surface area contributed by atoms with Crippen LogP contribution in [0.2, 0.25) is 0 Å². The summed E-state index contributed by atoms with van der Waals surface area (Å²) in [6.07, 6.45) is 1.46. The molecule has 14 heavy (non-hydrogen) atoms. The molecule has 0 rings (SSSR count). The predicted molar refractivity (Wildman–Crippen MR) is 51.8 cm³/mol. The highest BCUT2D eigenvalue weighted by Crippen LogP contribution is 2.03. The zero-order chi connectivity index (χ0) is 11.0. The first kappa shape index (κ1) is 12.0. The van der Waals surface area contributed by atoms with E-state index in [-0.39, 0.29) is 11.4 Å². The Kier molecular flexibility index (Phi) is 5.57. The summed E-state index contributed by atoms with van der Waals surface area (Å²) >= 11 is 0. The zero-order valence-corrected chi connectivity index (χ0v) is 8.24. The van der Waals surface area contributed by atoms with E-state index in [4.69, 9.17) is 21.0 Å². The standard InChI is InChI=1S/C9H12N4O/c1-3-4-9(14-2)13-8(6-11)7(12)5-10/h3-4,12H2,1-2H3/b8-7-,13-9-. The quantitative estimate of drug-likeness (QED) is 0.410. The minimum Gasteiger partial charge on any atom is -0.484 e. The summed E-state index contributed by atoms with van der Waals surface area (Å²) in [5.41, 5.74) is 4.96. The highest BCUT2D eigenvalue weighted by atomic mass is 16.5. The number of methoxy groups -OCH3 is 1. The Morgan fingerprint density at radius 3 is 2.43 bits per heavy atom. The van der Waals surface area contributed by atoms with Gasteiger partial charge in [-0.25, -0.2) is 4.99 Å². The molecule has 0 heterocycles. The van der Waals surface area contributed by atoms with Gasteiger partial charge < -0.3 is 10.5 Å². The average Bonchev–Trinajstić information content (AvgIpc) is 2.23. The molecule has 0 aromatic carbocycles. The monoisotopic (exact) mass is 192 g/mol. The molecule has 0 unspecified atom stereocenters. The van der Waals surface area contributed by atoms with Crippen LogP contribution in [0.3, 0.4) is 0 Å². The number of hydrogen-bond acceptors (Lipinski definition) is 5. The number of rotatable bonds is 3. The molecular formula is C9H12N4O. The summed E-state index contributed by atoms with van der Waals surface area (Å²) in [7, 11) is 1.46. The number of allylic oxidation sites excluding steroid dienone is 2. The van der Waals surface area contributed by atoms with E-state index in [1.54, 1.807) is 12.1 Å². The molecule has 0 atom stereocenters. The topological polar surface area (TPSA) is 95.2 Å². The van der Waals surface area contributed by atoms with Crippen LogP contribution in [0.4, 0.5) is 0 Å². The van der Waals surface area contributed by atoms with E-state index in [2.05, 4.69) is 4.99 Å². The van der Waals surface area contributed by atoms with Gasteiger partial charge in [-0.05, 0) is 6.42 Å². The van der Waals surface area contributed by atoms with Gasteiger partial charge in [0.2, 0.25) is 0 Å². The van der Waals surface area contributed by atoms with E-state index in [9.17, 15) is 0 Å². The van der Waals surface area contributed by atoms with Crippen LogP contribution in [-0.2, 0) is 4.74 Å². The lowest BCUT2D eigenvalue weighted by Gasteiger charge is -2.01. The number of aliphatic imine (C=N–C) groups is 1. The summed E-state index contributed by atoms with van der Waals surface area (Å²) in [5.74, 6) is 0.405. The molecule has 0 aliphatic rings. The van der Waals surface area contributed by atoms with E-state index in [0.29, 0.717) is 12.3 Å². The smallest absolute Gasteiger partial charge is 0.188 e. The molecule has 0 aromatic rings. The first-order valence-corrected chi connectivity index (χ1v) is 4.11. The van der Waals surface area contributed by atoms with Gasteiger partial charge in [0.1, 0.15) is 17.8 Å². The Morgan fingerprint density at radius 1 is 1.43 bits per heavy atom. The molecule has 0 amide bonds. The summed E-state index contributed by atoms with van der Waals surface area (Å²) < 4.78 is 4.92. The van der Waals surface area contributed by atoms with Gasteiger partial charge in [0.05, 0.1) is 7.11 Å². The fourth-order valence-corrected chi connectivity index (χ4v) is 0.741. The SMILES string of the molecule is CCC/C(=N/C(C#N)=C(\N)C#N)OC. The van der Waals surface area contributed by atoms with Crippen molar-refractivity contribution >= 4 is 5.90 Å². The number of nitriles is 2. The minimum absolute atomic E-state index is 0.0993. The Balaban J connectivity index is 4.93. The molecule has 5 nitrogen and oxygen atoms in total. The molecule has 0 radical (unpaired) electrons. The van der Waals surface area contributed by atoms with Crippen LogP contribution < -0.4 is 5.73 Å². The first-order chi connectivity index (χ1) is 6.69. The molecule has 0 aliphatic carbocycles. The van der Waals surface area contributed by atoms with Crippen LogP contribution in [-0.4, -0.2) is 13.0 Å². The first-order valence-electron chi connectivity index (χ1n) is 4.11. The number of nitrogens with two attached hydrogens (primary N) is 1. The second-order valence-electron chi connectivity index (χ2n) is 2.45. The van der Waals surface area contributed by atoms with Crippen LogP contribution in [0.1, 0.15) is 19.8 Å². The summed E-state index contributed by atoms with van der Waals surface area (Å²) in [6.45, 7) is 1.96. The molecular weight excluding hydrogens is 180 g/mol. The van der Waals surface area contributed by atoms with Crippen molar-refractivity contribution in [2.45, 2.75) is 19.8 Å². The van der Waals surface area contributed by atoms with Crippen molar-refractivity contribution < 1.29 is 4.74 Å². The maximum atomic E-state index is 8.64. The van der Waals surface area contributed by atoms with Crippen LogP contribution in [0, 0.1) is 22.7 Å². The zero-order valence-electron chi connectivity index (χ0n) is 8.24. The van der Waals surface area contributed by atoms with Crippen LogP contribution in [0.15, 0.2) is 16.4 Å². The van der Waals surface area contributed by atoms with Gasteiger partial charge in [-0.3, -0.25) is 0 Å². The van der Waals surface area contributed by atoms with E-state index < -0.39 is 0 Å². The Hall–Kier alpha value is -2.01. The Morgan fingerprint density at radius 2 is 2.07 bits per heavy atom. The van der Waals surface area contributed by atoms with E-state index in [0.717, 1.165) is 6.42 Å². The summed E-state index contributed by atoms with van der Waals surface area (Å²) in [5, 5.41) is 17.1. The van der Waals surface area contributed by atoms with Crippen molar-refractivity contribution in [3.05, 3.63) is 11.4 Å². The third-order valence-electron chi connectivity index (χ3n) is 1.42. The van der Waals surface area contributed by atoms with Crippen molar-refractivity contribution in [2.24, 2.45) is 10.7 Å². The molecule has 0 bridgehead atoms. The molecule has 0 aliphatic heterocycles. The van der Waals surface area contributed by atoms with Gasteiger partial charge >= 0.3 is 0 Å². The van der Waals surface area contributed by atoms with Gasteiger partial charge in [-0.2, -0.15) is 10.5 Å². The second-order valence-corrected chi connectivity index (χ2v) is 2.45. The highest BCUT2D eigenvalue weighted by molar-refractivity contribution is 5.77. The minimum atomic E-state index is -0.196. The molecule has 0 saturated carbocycles. The molecule has 0 aromatic heterocycles. The van der Waals surface area contributed by atoms with Crippen molar-refractivity contribution in [3.63, 3.8) is 0 Å².